The highest BCUT2D eigenvalue weighted by atomic mass is 16.5. The molecule has 0 amide bonds. The number of Topliss-reactive ketones (excluding diaryl/α,β-unsaturated/α-hetero) is 2. The van der Waals surface area contributed by atoms with E-state index < -0.39 is 0 Å². The van der Waals surface area contributed by atoms with Gasteiger partial charge in [0.15, 0.2) is 5.76 Å². The van der Waals surface area contributed by atoms with Gasteiger partial charge >= 0.3 is 0 Å². The fraction of sp³-hybridized carbons (Fsp3) is 0.200. The number of ketones is 2. The maximum absolute atomic E-state index is 12.4. The first-order chi connectivity index (χ1) is 9.07. The number of rotatable bonds is 1. The highest BCUT2D eigenvalue weighted by Crippen LogP contribution is 2.32. The number of aryl methyl sites for hydroxylation is 1. The maximum Gasteiger partial charge on any atom is 0.230 e. The fourth-order valence-electron chi connectivity index (χ4n) is 2.68. The van der Waals surface area contributed by atoms with E-state index in [1.807, 2.05) is 25.1 Å². The van der Waals surface area contributed by atoms with E-state index in [0.29, 0.717) is 16.8 Å². The lowest BCUT2D eigenvalue weighted by molar-refractivity contribution is 0.0903. The molecule has 3 rings (SSSR count). The topological polar surface area (TPSA) is 47.8 Å². The quantitative estimate of drug-likeness (QED) is 0.786. The van der Waals surface area contributed by atoms with Gasteiger partial charge in [-0.2, -0.15) is 0 Å². The van der Waals surface area contributed by atoms with Gasteiger partial charge in [-0.1, -0.05) is 6.07 Å². The summed E-state index contributed by atoms with van der Waals surface area (Å²) in [7, 11) is 1.42. The van der Waals surface area contributed by atoms with E-state index in [-0.39, 0.29) is 17.3 Å². The largest absolute Gasteiger partial charge is 0.492 e. The Hall–Kier alpha value is -2.36. The number of fused-ring (bicyclic) bond motifs is 3. The van der Waals surface area contributed by atoms with Gasteiger partial charge in [-0.15, -0.1) is 0 Å². The van der Waals surface area contributed by atoms with Crippen LogP contribution in [0, 0.1) is 6.92 Å². The lowest BCUT2D eigenvalue weighted by atomic mass is 9.92. The Morgan fingerprint density at radius 1 is 1.11 bits per heavy atom. The molecule has 2 aromatic rings. The lowest BCUT2D eigenvalue weighted by Crippen LogP contribution is -2.22. The number of pyridine rings is 1. The average molecular weight is 255 g/mol. The van der Waals surface area contributed by atoms with Crippen molar-refractivity contribution in [2.45, 2.75) is 13.8 Å². The van der Waals surface area contributed by atoms with Crippen molar-refractivity contribution in [1.29, 1.82) is 0 Å². The van der Waals surface area contributed by atoms with Crippen molar-refractivity contribution in [3.63, 3.8) is 0 Å². The molecule has 0 radical (unpaired) electrons. The monoisotopic (exact) mass is 255 g/mol. The van der Waals surface area contributed by atoms with E-state index in [1.54, 1.807) is 17.5 Å². The number of ether oxygens (including phenoxy) is 1. The van der Waals surface area contributed by atoms with Crippen LogP contribution in [0.2, 0.25) is 0 Å². The highest BCUT2D eigenvalue weighted by molar-refractivity contribution is 6.26. The molecule has 0 saturated heterocycles. The second kappa shape index (κ2) is 3.82. The summed E-state index contributed by atoms with van der Waals surface area (Å²) in [6, 6.07) is 5.63. The Kier molecular flexibility index (Phi) is 2.35. The molecule has 96 valence electrons. The van der Waals surface area contributed by atoms with Crippen molar-refractivity contribution in [1.82, 2.24) is 4.40 Å². The number of nitrogens with zero attached hydrogens (tertiary/aromatic N) is 1. The van der Waals surface area contributed by atoms with Crippen LogP contribution in [0.1, 0.15) is 33.3 Å². The van der Waals surface area contributed by atoms with Gasteiger partial charge < -0.3 is 9.14 Å². The summed E-state index contributed by atoms with van der Waals surface area (Å²) in [4.78, 5) is 24.9. The zero-order valence-corrected chi connectivity index (χ0v) is 11.0. The van der Waals surface area contributed by atoms with Crippen molar-refractivity contribution in [2.75, 3.05) is 7.11 Å². The minimum atomic E-state index is -0.212. The molecular weight excluding hydrogens is 242 g/mol. The standard InChI is InChI=1S/C15H13NO3/c1-8-10-6-4-5-7-16(10)12-11(8)14(18)15(19-3)9(2)13(12)17/h4-7H,1-3H3. The SMILES string of the molecule is COC1=C(C)C(=O)c2c(c(C)c3ccccn23)C1=O. The fourth-order valence-corrected chi connectivity index (χ4v) is 2.68. The molecule has 19 heavy (non-hydrogen) atoms. The lowest BCUT2D eigenvalue weighted by Gasteiger charge is -2.16. The molecule has 0 N–H and O–H groups in total. The normalized spacial score (nSPS) is 15.1. The van der Waals surface area contributed by atoms with Crippen molar-refractivity contribution in [3.8, 4) is 0 Å². The van der Waals surface area contributed by atoms with Crippen LogP contribution in [0.15, 0.2) is 35.7 Å². The average Bonchev–Trinajstić information content (AvgIpc) is 2.71. The number of allylic oxidation sites excluding steroid dienone is 2. The molecule has 2 aromatic heterocycles. The summed E-state index contributed by atoms with van der Waals surface area (Å²) in [6.07, 6.45) is 1.80. The molecule has 0 aliphatic heterocycles. The van der Waals surface area contributed by atoms with Crippen LogP contribution in [-0.4, -0.2) is 23.1 Å². The van der Waals surface area contributed by atoms with Gasteiger partial charge in [-0.05, 0) is 31.5 Å². The van der Waals surface area contributed by atoms with Crippen LogP contribution >= 0.6 is 0 Å². The Labute approximate surface area is 110 Å². The van der Waals surface area contributed by atoms with Gasteiger partial charge in [-0.25, -0.2) is 0 Å². The van der Waals surface area contributed by atoms with E-state index in [2.05, 4.69) is 0 Å². The van der Waals surface area contributed by atoms with Crippen molar-refractivity contribution < 1.29 is 14.3 Å². The number of hydrogen-bond acceptors (Lipinski definition) is 3. The summed E-state index contributed by atoms with van der Waals surface area (Å²) in [5.41, 5.74) is 2.95. The Balaban J connectivity index is 2.45. The van der Waals surface area contributed by atoms with E-state index >= 15 is 0 Å². The minimum Gasteiger partial charge on any atom is -0.492 e. The van der Waals surface area contributed by atoms with Crippen LogP contribution in [0.3, 0.4) is 0 Å². The predicted octanol–water partition coefficient (Wildman–Crippen LogP) is 2.55. The van der Waals surface area contributed by atoms with Crippen LogP contribution < -0.4 is 0 Å². The van der Waals surface area contributed by atoms with Gasteiger partial charge in [0, 0.05) is 17.3 Å². The molecule has 0 fully saturated rings. The number of hydrogen-bond donors (Lipinski definition) is 0. The summed E-state index contributed by atoms with van der Waals surface area (Å²) in [5.74, 6) is -0.215. The molecule has 4 heteroatoms. The molecule has 4 nitrogen and oxygen atoms in total. The molecular formula is C15H13NO3. The summed E-state index contributed by atoms with van der Waals surface area (Å²) >= 11 is 0. The van der Waals surface area contributed by atoms with Crippen LogP contribution in [-0.2, 0) is 4.74 Å². The summed E-state index contributed by atoms with van der Waals surface area (Å²) in [6.45, 7) is 3.48. The van der Waals surface area contributed by atoms with Crippen LogP contribution in [0.4, 0.5) is 0 Å². The molecule has 0 saturated carbocycles. The Morgan fingerprint density at radius 2 is 1.84 bits per heavy atom. The van der Waals surface area contributed by atoms with Crippen LogP contribution in [0.25, 0.3) is 5.52 Å². The first kappa shape index (κ1) is 11.7. The third kappa shape index (κ3) is 1.34. The number of aromatic nitrogens is 1. The second-order valence-electron chi connectivity index (χ2n) is 4.62. The van der Waals surface area contributed by atoms with Gasteiger partial charge in [0.2, 0.25) is 11.6 Å². The first-order valence-electron chi connectivity index (χ1n) is 6.01. The Morgan fingerprint density at radius 3 is 2.53 bits per heavy atom. The molecule has 1 aliphatic rings. The van der Waals surface area contributed by atoms with E-state index in [4.69, 9.17) is 4.74 Å². The molecule has 2 heterocycles. The van der Waals surface area contributed by atoms with Gasteiger partial charge in [0.25, 0.3) is 0 Å². The zero-order valence-electron chi connectivity index (χ0n) is 11.0. The zero-order chi connectivity index (χ0) is 13.7. The third-order valence-corrected chi connectivity index (χ3v) is 3.63. The molecule has 0 aromatic carbocycles. The molecule has 0 spiro atoms. The maximum atomic E-state index is 12.4. The third-order valence-electron chi connectivity index (χ3n) is 3.63. The smallest absolute Gasteiger partial charge is 0.230 e. The molecule has 1 aliphatic carbocycles. The molecule has 0 bridgehead atoms. The van der Waals surface area contributed by atoms with Crippen molar-refractivity contribution in [2.24, 2.45) is 0 Å². The second-order valence-corrected chi connectivity index (χ2v) is 4.62. The van der Waals surface area contributed by atoms with E-state index in [0.717, 1.165) is 11.1 Å². The molecule has 0 atom stereocenters. The van der Waals surface area contributed by atoms with E-state index in [1.165, 1.54) is 7.11 Å². The summed E-state index contributed by atoms with van der Waals surface area (Å²) < 4.78 is 6.87. The van der Waals surface area contributed by atoms with Crippen molar-refractivity contribution in [3.05, 3.63) is 52.5 Å². The Bertz CT molecular complexity index is 765. The summed E-state index contributed by atoms with van der Waals surface area (Å²) in [5, 5.41) is 0. The van der Waals surface area contributed by atoms with Gasteiger partial charge in [0.1, 0.15) is 5.69 Å². The van der Waals surface area contributed by atoms with Crippen LogP contribution in [0.5, 0.6) is 0 Å². The minimum absolute atomic E-state index is 0.150. The van der Waals surface area contributed by atoms with Gasteiger partial charge in [0.05, 0.1) is 12.7 Å². The number of carbonyl (C=O) groups is 2. The number of methoxy groups -OCH3 is 1. The predicted molar refractivity (Wildman–Crippen MR) is 70.5 cm³/mol. The number of carbonyl (C=O) groups excluding carboxylic acids is 2. The molecule has 0 unspecified atom stereocenters. The highest BCUT2D eigenvalue weighted by Gasteiger charge is 2.35. The van der Waals surface area contributed by atoms with Crippen molar-refractivity contribution >= 4 is 17.1 Å². The van der Waals surface area contributed by atoms with Gasteiger partial charge in [-0.3, -0.25) is 9.59 Å². The van der Waals surface area contributed by atoms with E-state index in [9.17, 15) is 9.59 Å². The first-order valence-corrected chi connectivity index (χ1v) is 6.01.